The summed E-state index contributed by atoms with van der Waals surface area (Å²) in [6.45, 7) is 4.82. The SMILES string of the molecule is Cc1cccc(C)c1-c1cc2nc(n1)N[S+]([O-])c1cccc(c1)CCC1CCC[C@H]1CO2. The highest BCUT2D eigenvalue weighted by Gasteiger charge is 2.28. The van der Waals surface area contributed by atoms with Crippen molar-refractivity contribution in [3.05, 3.63) is 65.2 Å². The Morgan fingerprint density at radius 3 is 2.59 bits per heavy atom. The van der Waals surface area contributed by atoms with Crippen molar-refractivity contribution in [2.75, 3.05) is 11.3 Å². The molecule has 5 rings (SSSR count). The first-order chi connectivity index (χ1) is 15.6. The van der Waals surface area contributed by atoms with E-state index in [1.54, 1.807) is 0 Å². The highest BCUT2D eigenvalue weighted by Crippen LogP contribution is 2.36. The fourth-order valence-electron chi connectivity index (χ4n) is 5.11. The molecule has 0 saturated heterocycles. The van der Waals surface area contributed by atoms with Crippen LogP contribution in [0.4, 0.5) is 5.95 Å². The number of nitrogens with zero attached hydrogens (tertiary/aromatic N) is 2. The lowest BCUT2D eigenvalue weighted by atomic mass is 9.90. The van der Waals surface area contributed by atoms with Crippen molar-refractivity contribution in [3.63, 3.8) is 0 Å². The Hall–Kier alpha value is -2.57. The molecule has 1 saturated carbocycles. The Kier molecular flexibility index (Phi) is 6.07. The molecule has 3 atom stereocenters. The first-order valence-corrected chi connectivity index (χ1v) is 12.6. The van der Waals surface area contributed by atoms with Gasteiger partial charge in [-0.3, -0.25) is 0 Å². The molecule has 166 valence electrons. The molecule has 4 bridgehead atoms. The molecule has 1 aromatic heterocycles. The van der Waals surface area contributed by atoms with Crippen LogP contribution in [0.2, 0.25) is 0 Å². The van der Waals surface area contributed by atoms with E-state index in [1.807, 2.05) is 30.3 Å². The lowest BCUT2D eigenvalue weighted by Crippen LogP contribution is -2.20. The fourth-order valence-corrected chi connectivity index (χ4v) is 5.94. The molecule has 2 aliphatic rings. The number of fused-ring (bicyclic) bond motifs is 5. The van der Waals surface area contributed by atoms with Crippen molar-refractivity contribution >= 4 is 17.3 Å². The van der Waals surface area contributed by atoms with E-state index in [0.717, 1.165) is 40.1 Å². The third-order valence-electron chi connectivity index (χ3n) is 6.80. The summed E-state index contributed by atoms with van der Waals surface area (Å²) < 4.78 is 22.3. The molecule has 6 heteroatoms. The van der Waals surface area contributed by atoms with Crippen molar-refractivity contribution in [1.29, 1.82) is 0 Å². The molecule has 1 aliphatic heterocycles. The lowest BCUT2D eigenvalue weighted by molar-refractivity contribution is 0.203. The van der Waals surface area contributed by atoms with Crippen LogP contribution in [-0.2, 0) is 17.8 Å². The number of anilines is 1. The minimum Gasteiger partial charge on any atom is -0.588 e. The molecule has 1 N–H and O–H groups in total. The van der Waals surface area contributed by atoms with Gasteiger partial charge >= 0.3 is 0 Å². The zero-order valence-electron chi connectivity index (χ0n) is 18.6. The monoisotopic (exact) mass is 447 g/mol. The number of rotatable bonds is 1. The number of aromatic nitrogens is 2. The van der Waals surface area contributed by atoms with E-state index in [1.165, 1.54) is 24.8 Å². The molecule has 0 radical (unpaired) electrons. The quantitative estimate of drug-likeness (QED) is 0.489. The van der Waals surface area contributed by atoms with Crippen molar-refractivity contribution < 1.29 is 9.29 Å². The Morgan fingerprint density at radius 2 is 1.75 bits per heavy atom. The van der Waals surface area contributed by atoms with Crippen LogP contribution in [0, 0.1) is 25.7 Å². The van der Waals surface area contributed by atoms with Crippen LogP contribution in [0.3, 0.4) is 0 Å². The molecule has 3 aromatic rings. The maximum atomic E-state index is 13.1. The first kappa shape index (κ1) is 21.3. The van der Waals surface area contributed by atoms with Crippen LogP contribution in [0.15, 0.2) is 53.4 Å². The van der Waals surface area contributed by atoms with Crippen molar-refractivity contribution in [1.82, 2.24) is 9.97 Å². The van der Waals surface area contributed by atoms with E-state index in [0.29, 0.717) is 30.3 Å². The van der Waals surface area contributed by atoms with Gasteiger partial charge in [-0.2, -0.15) is 9.71 Å². The zero-order chi connectivity index (χ0) is 22.1. The summed E-state index contributed by atoms with van der Waals surface area (Å²) in [6.07, 6.45) is 5.86. The molecular formula is C26H29N3O2S. The van der Waals surface area contributed by atoms with Crippen molar-refractivity contribution in [2.24, 2.45) is 11.8 Å². The van der Waals surface area contributed by atoms with E-state index in [2.05, 4.69) is 41.8 Å². The number of aryl methyl sites for hydroxylation is 3. The van der Waals surface area contributed by atoms with Crippen LogP contribution in [0.5, 0.6) is 5.88 Å². The number of nitrogens with one attached hydrogen (secondary N) is 1. The normalized spacial score (nSPS) is 22.9. The molecule has 1 aliphatic carbocycles. The zero-order valence-corrected chi connectivity index (χ0v) is 19.5. The van der Waals surface area contributed by atoms with Gasteiger partial charge in [0.25, 0.3) is 5.95 Å². The lowest BCUT2D eigenvalue weighted by Gasteiger charge is -2.21. The minimum atomic E-state index is -1.45. The van der Waals surface area contributed by atoms with Gasteiger partial charge in [0, 0.05) is 11.6 Å². The average molecular weight is 448 g/mol. The highest BCUT2D eigenvalue weighted by atomic mass is 32.2. The van der Waals surface area contributed by atoms with Crippen LogP contribution in [-0.4, -0.2) is 21.1 Å². The van der Waals surface area contributed by atoms with Crippen LogP contribution in [0.25, 0.3) is 11.3 Å². The maximum Gasteiger partial charge on any atom is 0.269 e. The molecule has 5 nitrogen and oxygen atoms in total. The van der Waals surface area contributed by atoms with Gasteiger partial charge in [-0.15, -0.1) is 0 Å². The summed E-state index contributed by atoms with van der Waals surface area (Å²) in [4.78, 5) is 10.0. The molecule has 32 heavy (non-hydrogen) atoms. The number of hydrogen-bond acceptors (Lipinski definition) is 5. The van der Waals surface area contributed by atoms with Gasteiger partial charge < -0.3 is 9.29 Å². The smallest absolute Gasteiger partial charge is 0.269 e. The van der Waals surface area contributed by atoms with Crippen LogP contribution in [0.1, 0.15) is 42.4 Å². The van der Waals surface area contributed by atoms with Gasteiger partial charge in [0.2, 0.25) is 5.88 Å². The van der Waals surface area contributed by atoms with Gasteiger partial charge in [0.15, 0.2) is 4.90 Å². The molecular weight excluding hydrogens is 418 g/mol. The minimum absolute atomic E-state index is 0.323. The van der Waals surface area contributed by atoms with E-state index < -0.39 is 11.4 Å². The largest absolute Gasteiger partial charge is 0.588 e. The molecule has 2 heterocycles. The molecule has 2 aromatic carbocycles. The van der Waals surface area contributed by atoms with Crippen molar-refractivity contribution in [2.45, 2.75) is 50.8 Å². The number of ether oxygens (including phenoxy) is 1. The average Bonchev–Trinajstić information content (AvgIpc) is 3.23. The summed E-state index contributed by atoms with van der Waals surface area (Å²) in [5.41, 5.74) is 5.36. The predicted molar refractivity (Wildman–Crippen MR) is 128 cm³/mol. The number of hydrogen-bond donors (Lipinski definition) is 1. The topological polar surface area (TPSA) is 70.1 Å². The second-order valence-corrected chi connectivity index (χ2v) is 10.2. The third kappa shape index (κ3) is 4.48. The predicted octanol–water partition coefficient (Wildman–Crippen LogP) is 5.64. The van der Waals surface area contributed by atoms with E-state index >= 15 is 0 Å². The highest BCUT2D eigenvalue weighted by molar-refractivity contribution is 7.92. The molecule has 0 amide bonds. The Labute approximate surface area is 193 Å². The second kappa shape index (κ2) is 9.12. The van der Waals surface area contributed by atoms with E-state index in [9.17, 15) is 4.55 Å². The van der Waals surface area contributed by atoms with Crippen LogP contribution < -0.4 is 9.46 Å². The maximum absolute atomic E-state index is 13.1. The Balaban J connectivity index is 1.57. The van der Waals surface area contributed by atoms with Gasteiger partial charge in [-0.1, -0.05) is 43.2 Å². The van der Waals surface area contributed by atoms with Gasteiger partial charge in [0.05, 0.1) is 12.3 Å². The van der Waals surface area contributed by atoms with E-state index in [-0.39, 0.29) is 0 Å². The first-order valence-electron chi connectivity index (χ1n) is 11.4. The Morgan fingerprint density at radius 1 is 0.969 bits per heavy atom. The van der Waals surface area contributed by atoms with Gasteiger partial charge in [-0.05, 0) is 73.8 Å². The summed E-state index contributed by atoms with van der Waals surface area (Å²) in [5.74, 6) is 2.06. The summed E-state index contributed by atoms with van der Waals surface area (Å²) in [6, 6.07) is 16.2. The van der Waals surface area contributed by atoms with Gasteiger partial charge in [0.1, 0.15) is 11.4 Å². The third-order valence-corrected chi connectivity index (χ3v) is 7.85. The molecule has 2 unspecified atom stereocenters. The van der Waals surface area contributed by atoms with Gasteiger partial charge in [-0.25, -0.2) is 4.98 Å². The number of benzene rings is 2. The van der Waals surface area contributed by atoms with Crippen LogP contribution >= 0.6 is 0 Å². The van der Waals surface area contributed by atoms with E-state index in [4.69, 9.17) is 9.72 Å². The Bertz CT molecular complexity index is 1100. The van der Waals surface area contributed by atoms with Crippen molar-refractivity contribution in [3.8, 4) is 17.1 Å². The summed E-state index contributed by atoms with van der Waals surface area (Å²) in [7, 11) is 0. The molecule has 0 spiro atoms. The summed E-state index contributed by atoms with van der Waals surface area (Å²) >= 11 is -1.45. The molecule has 1 fully saturated rings. The second-order valence-electron chi connectivity index (χ2n) is 9.00. The summed E-state index contributed by atoms with van der Waals surface area (Å²) in [5, 5.41) is 0. The standard InChI is InChI=1S/C26H29N3O2S/c1-17-6-3-7-18(2)25(17)23-15-24-28-26(27-23)29-32(30)22-11-4-8-19(14-22)12-13-20-9-5-10-21(20)16-31-24/h3-4,6-8,11,14-15,20-21H,5,9-10,12-13,16H2,1-2H3,(H,27,28,29)/t20?,21-,32?/m0/s1. The fraction of sp³-hybridized carbons (Fsp3) is 0.385.